The minimum atomic E-state index is -3.46. The van der Waals surface area contributed by atoms with Crippen molar-refractivity contribution in [2.24, 2.45) is 0 Å². The van der Waals surface area contributed by atoms with Crippen molar-refractivity contribution in [2.45, 2.75) is 25.3 Å². The first kappa shape index (κ1) is 13.8. The molecule has 3 nitrogen and oxygen atoms in total. The predicted octanol–water partition coefficient (Wildman–Crippen LogP) is 2.78. The van der Waals surface area contributed by atoms with Crippen LogP contribution in [0.2, 0.25) is 0 Å². The van der Waals surface area contributed by atoms with Crippen molar-refractivity contribution in [3.8, 4) is 0 Å². The lowest BCUT2D eigenvalue weighted by molar-refractivity contribution is 0.580. The average molecular weight is 275 g/mol. The molecule has 1 N–H and O–H groups in total. The number of hydrogen-bond donors (Lipinski definition) is 1. The van der Waals surface area contributed by atoms with E-state index >= 15 is 0 Å². The number of sulfonamides is 1. The molecule has 0 bridgehead atoms. The summed E-state index contributed by atoms with van der Waals surface area (Å²) in [6.07, 6.45) is 0. The molecule has 2 aromatic carbocycles. The maximum Gasteiger partial charge on any atom is 0.241 e. The largest absolute Gasteiger partial charge is 0.241 e. The standard InChI is InChI=1S/C15H17NO2S/c1-12-7-3-5-9-14(12)11-16-19(17,18)15-10-6-4-8-13(15)2/h3-10,16H,11H2,1-2H3. The monoisotopic (exact) mass is 275 g/mol. The van der Waals surface area contributed by atoms with Gasteiger partial charge in [-0.1, -0.05) is 42.5 Å². The highest BCUT2D eigenvalue weighted by molar-refractivity contribution is 7.89. The van der Waals surface area contributed by atoms with Gasteiger partial charge in [0.2, 0.25) is 10.0 Å². The van der Waals surface area contributed by atoms with Gasteiger partial charge in [-0.05, 0) is 36.6 Å². The molecule has 4 heteroatoms. The highest BCUT2D eigenvalue weighted by Gasteiger charge is 2.15. The number of hydrogen-bond acceptors (Lipinski definition) is 2. The summed E-state index contributed by atoms with van der Waals surface area (Å²) in [4.78, 5) is 0.337. The van der Waals surface area contributed by atoms with Gasteiger partial charge in [-0.15, -0.1) is 0 Å². The Morgan fingerprint density at radius 1 is 0.895 bits per heavy atom. The van der Waals surface area contributed by atoms with E-state index < -0.39 is 10.0 Å². The Balaban J connectivity index is 2.20. The Morgan fingerprint density at radius 3 is 2.11 bits per heavy atom. The van der Waals surface area contributed by atoms with Gasteiger partial charge in [0, 0.05) is 6.54 Å². The van der Waals surface area contributed by atoms with Crippen LogP contribution in [0, 0.1) is 13.8 Å². The molecule has 19 heavy (non-hydrogen) atoms. The van der Waals surface area contributed by atoms with Crippen LogP contribution in [-0.2, 0) is 16.6 Å². The van der Waals surface area contributed by atoms with Crippen LogP contribution in [0.4, 0.5) is 0 Å². The maximum atomic E-state index is 12.2. The lowest BCUT2D eigenvalue weighted by Gasteiger charge is -2.10. The minimum Gasteiger partial charge on any atom is -0.207 e. The lowest BCUT2D eigenvalue weighted by atomic mass is 10.1. The van der Waals surface area contributed by atoms with Crippen molar-refractivity contribution >= 4 is 10.0 Å². The van der Waals surface area contributed by atoms with Gasteiger partial charge in [0.25, 0.3) is 0 Å². The van der Waals surface area contributed by atoms with Gasteiger partial charge in [-0.25, -0.2) is 13.1 Å². The van der Waals surface area contributed by atoms with E-state index in [0.29, 0.717) is 11.4 Å². The Labute approximate surface area is 114 Å². The van der Waals surface area contributed by atoms with Gasteiger partial charge in [-0.2, -0.15) is 0 Å². The SMILES string of the molecule is Cc1ccccc1CNS(=O)(=O)c1ccccc1C. The van der Waals surface area contributed by atoms with Crippen LogP contribution >= 0.6 is 0 Å². The number of benzene rings is 2. The Hall–Kier alpha value is -1.65. The molecule has 100 valence electrons. The molecule has 2 rings (SSSR count). The van der Waals surface area contributed by atoms with Crippen LogP contribution in [0.15, 0.2) is 53.4 Å². The first-order valence-electron chi connectivity index (χ1n) is 6.10. The lowest BCUT2D eigenvalue weighted by Crippen LogP contribution is -2.24. The van der Waals surface area contributed by atoms with Crippen LogP contribution in [0.25, 0.3) is 0 Å². The third-order valence-corrected chi connectivity index (χ3v) is 4.66. The second kappa shape index (κ2) is 5.55. The van der Waals surface area contributed by atoms with Crippen LogP contribution in [0.3, 0.4) is 0 Å². The fourth-order valence-electron chi connectivity index (χ4n) is 1.92. The van der Waals surface area contributed by atoms with Crippen molar-refractivity contribution in [3.63, 3.8) is 0 Å². The van der Waals surface area contributed by atoms with Gasteiger partial charge >= 0.3 is 0 Å². The first-order chi connectivity index (χ1) is 9.00. The fourth-order valence-corrected chi connectivity index (χ4v) is 3.17. The van der Waals surface area contributed by atoms with Crippen LogP contribution in [0.5, 0.6) is 0 Å². The molecular weight excluding hydrogens is 258 g/mol. The summed E-state index contributed by atoms with van der Waals surface area (Å²) in [5.74, 6) is 0. The summed E-state index contributed by atoms with van der Waals surface area (Å²) in [6, 6.07) is 14.7. The van der Waals surface area contributed by atoms with E-state index in [1.807, 2.05) is 37.3 Å². The van der Waals surface area contributed by atoms with Gasteiger partial charge in [0.1, 0.15) is 0 Å². The average Bonchev–Trinajstić information content (AvgIpc) is 2.38. The second-order valence-electron chi connectivity index (χ2n) is 4.52. The Bertz CT molecular complexity index is 678. The first-order valence-corrected chi connectivity index (χ1v) is 7.59. The molecule has 0 unspecified atom stereocenters. The molecule has 0 aliphatic rings. The van der Waals surface area contributed by atoms with Gasteiger partial charge in [0.15, 0.2) is 0 Å². The zero-order valence-corrected chi connectivity index (χ0v) is 11.9. The number of nitrogens with one attached hydrogen (secondary N) is 1. The van der Waals surface area contributed by atoms with Crippen LogP contribution < -0.4 is 4.72 Å². The highest BCUT2D eigenvalue weighted by atomic mass is 32.2. The molecule has 0 fully saturated rings. The van der Waals surface area contributed by atoms with E-state index in [1.165, 1.54) is 0 Å². The number of rotatable bonds is 4. The molecule has 0 aromatic heterocycles. The quantitative estimate of drug-likeness (QED) is 0.932. The second-order valence-corrected chi connectivity index (χ2v) is 6.25. The molecule has 2 aromatic rings. The molecule has 0 radical (unpaired) electrons. The molecular formula is C15H17NO2S. The van der Waals surface area contributed by atoms with E-state index in [1.54, 1.807) is 25.1 Å². The van der Waals surface area contributed by atoms with Crippen LogP contribution in [-0.4, -0.2) is 8.42 Å². The Morgan fingerprint density at radius 2 is 1.47 bits per heavy atom. The van der Waals surface area contributed by atoms with Crippen molar-refractivity contribution in [2.75, 3.05) is 0 Å². The van der Waals surface area contributed by atoms with Crippen LogP contribution in [0.1, 0.15) is 16.7 Å². The predicted molar refractivity (Wildman–Crippen MR) is 76.4 cm³/mol. The third-order valence-electron chi connectivity index (χ3n) is 3.10. The highest BCUT2D eigenvalue weighted by Crippen LogP contribution is 2.15. The van der Waals surface area contributed by atoms with Crippen molar-refractivity contribution in [1.82, 2.24) is 4.72 Å². The summed E-state index contributed by atoms with van der Waals surface area (Å²) in [5, 5.41) is 0. The molecule has 0 aliphatic carbocycles. The molecule has 0 heterocycles. The normalized spacial score (nSPS) is 11.5. The van der Waals surface area contributed by atoms with Crippen molar-refractivity contribution in [1.29, 1.82) is 0 Å². The summed E-state index contributed by atoms with van der Waals surface area (Å²) in [7, 11) is -3.46. The summed E-state index contributed by atoms with van der Waals surface area (Å²) < 4.78 is 27.1. The summed E-state index contributed by atoms with van der Waals surface area (Å²) in [6.45, 7) is 4.07. The zero-order valence-electron chi connectivity index (χ0n) is 11.1. The molecule has 0 spiro atoms. The van der Waals surface area contributed by atoms with Gasteiger partial charge < -0.3 is 0 Å². The molecule has 0 saturated carbocycles. The molecule has 0 amide bonds. The summed E-state index contributed by atoms with van der Waals surface area (Å²) in [5.41, 5.74) is 2.81. The number of aryl methyl sites for hydroxylation is 2. The van der Waals surface area contributed by atoms with Crippen molar-refractivity contribution in [3.05, 3.63) is 65.2 Å². The topological polar surface area (TPSA) is 46.2 Å². The van der Waals surface area contributed by atoms with E-state index in [-0.39, 0.29) is 0 Å². The van der Waals surface area contributed by atoms with Gasteiger partial charge in [-0.3, -0.25) is 0 Å². The zero-order chi connectivity index (χ0) is 13.9. The van der Waals surface area contributed by atoms with E-state index in [0.717, 1.165) is 16.7 Å². The molecule has 0 aliphatic heterocycles. The van der Waals surface area contributed by atoms with E-state index in [4.69, 9.17) is 0 Å². The third kappa shape index (κ3) is 3.22. The Kier molecular flexibility index (Phi) is 4.02. The van der Waals surface area contributed by atoms with Crippen molar-refractivity contribution < 1.29 is 8.42 Å². The minimum absolute atomic E-state index is 0.309. The maximum absolute atomic E-state index is 12.2. The smallest absolute Gasteiger partial charge is 0.207 e. The molecule has 0 atom stereocenters. The van der Waals surface area contributed by atoms with E-state index in [9.17, 15) is 8.42 Å². The summed E-state index contributed by atoms with van der Waals surface area (Å²) >= 11 is 0. The van der Waals surface area contributed by atoms with Gasteiger partial charge in [0.05, 0.1) is 4.90 Å². The molecule has 0 saturated heterocycles. The van der Waals surface area contributed by atoms with E-state index in [2.05, 4.69) is 4.72 Å². The fraction of sp³-hybridized carbons (Fsp3) is 0.200.